The molecule has 0 aliphatic heterocycles. The third-order valence-corrected chi connectivity index (χ3v) is 3.21. The van der Waals surface area contributed by atoms with Crippen LogP contribution in [0.25, 0.3) is 0 Å². The zero-order valence-corrected chi connectivity index (χ0v) is 9.92. The van der Waals surface area contributed by atoms with Crippen molar-refractivity contribution in [3.8, 4) is 0 Å². The highest BCUT2D eigenvalue weighted by Crippen LogP contribution is 2.34. The summed E-state index contributed by atoms with van der Waals surface area (Å²) >= 11 is 0. The van der Waals surface area contributed by atoms with E-state index >= 15 is 0 Å². The summed E-state index contributed by atoms with van der Waals surface area (Å²) in [5.41, 5.74) is 0. The van der Waals surface area contributed by atoms with Crippen LogP contribution in [0.15, 0.2) is 12.2 Å². The van der Waals surface area contributed by atoms with Crippen LogP contribution in [0.2, 0.25) is 0 Å². The van der Waals surface area contributed by atoms with E-state index in [1.807, 2.05) is 23.8 Å². The maximum atomic E-state index is 11.2. The maximum Gasteiger partial charge on any atom is 0.307 e. The lowest BCUT2D eigenvalue weighted by atomic mass is 9.82. The third-order valence-electron chi connectivity index (χ3n) is 3.21. The monoisotopic (exact) mass is 236 g/mol. The van der Waals surface area contributed by atoms with Gasteiger partial charge in [-0.15, -0.1) is 10.2 Å². The van der Waals surface area contributed by atoms with Crippen LogP contribution in [-0.4, -0.2) is 32.9 Å². The summed E-state index contributed by atoms with van der Waals surface area (Å²) in [6.07, 6.45) is 5.19. The summed E-state index contributed by atoms with van der Waals surface area (Å²) in [7, 11) is 3.61. The van der Waals surface area contributed by atoms with E-state index in [0.717, 1.165) is 5.82 Å². The Balaban J connectivity index is 2.33. The molecule has 0 spiro atoms. The predicted octanol–water partition coefficient (Wildman–Crippen LogP) is 0.991. The Bertz CT molecular complexity index is 452. The molecule has 0 fully saturated rings. The highest BCUT2D eigenvalue weighted by atomic mass is 16.4. The van der Waals surface area contributed by atoms with Gasteiger partial charge in [0.1, 0.15) is 5.82 Å². The van der Waals surface area contributed by atoms with Crippen molar-refractivity contribution in [3.63, 3.8) is 0 Å². The quantitative estimate of drug-likeness (QED) is 0.765. The largest absolute Gasteiger partial charge is 0.481 e. The van der Waals surface area contributed by atoms with Crippen LogP contribution in [-0.2, 0) is 11.8 Å². The van der Waals surface area contributed by atoms with Crippen LogP contribution in [0.1, 0.15) is 24.6 Å². The normalized spacial score (nSPS) is 23.6. The molecule has 2 unspecified atom stereocenters. The minimum Gasteiger partial charge on any atom is -0.481 e. The van der Waals surface area contributed by atoms with E-state index in [4.69, 9.17) is 0 Å². The molecule has 0 radical (unpaired) electrons. The van der Waals surface area contributed by atoms with Gasteiger partial charge in [0.15, 0.2) is 0 Å². The van der Waals surface area contributed by atoms with Crippen molar-refractivity contribution >= 4 is 11.9 Å². The number of carbonyl (C=O) groups is 1. The number of hydrogen-bond acceptors (Lipinski definition) is 4. The first-order valence-electron chi connectivity index (χ1n) is 5.60. The van der Waals surface area contributed by atoms with Gasteiger partial charge in [0.25, 0.3) is 0 Å². The number of aromatic nitrogens is 3. The van der Waals surface area contributed by atoms with Gasteiger partial charge < -0.3 is 15.0 Å². The molecule has 0 saturated carbocycles. The van der Waals surface area contributed by atoms with Crippen LogP contribution >= 0.6 is 0 Å². The molecule has 2 atom stereocenters. The molecular weight excluding hydrogens is 220 g/mol. The fourth-order valence-electron chi connectivity index (χ4n) is 2.25. The molecule has 92 valence electrons. The van der Waals surface area contributed by atoms with Gasteiger partial charge in [0.05, 0.1) is 5.92 Å². The Kier molecular flexibility index (Phi) is 3.12. The molecule has 0 saturated heterocycles. The lowest BCUT2D eigenvalue weighted by molar-refractivity contribution is -0.142. The zero-order valence-electron chi connectivity index (χ0n) is 9.92. The summed E-state index contributed by atoms with van der Waals surface area (Å²) in [6.45, 7) is 0. The van der Waals surface area contributed by atoms with Gasteiger partial charge in [-0.05, 0) is 12.8 Å². The molecule has 1 heterocycles. The third kappa shape index (κ3) is 2.02. The fraction of sp³-hybridized carbons (Fsp3) is 0.545. The van der Waals surface area contributed by atoms with Crippen molar-refractivity contribution in [1.82, 2.24) is 14.8 Å². The topological polar surface area (TPSA) is 80.0 Å². The van der Waals surface area contributed by atoms with E-state index < -0.39 is 11.9 Å². The van der Waals surface area contributed by atoms with E-state index in [-0.39, 0.29) is 5.92 Å². The number of nitrogens with zero attached hydrogens (tertiary/aromatic N) is 3. The smallest absolute Gasteiger partial charge is 0.307 e. The van der Waals surface area contributed by atoms with E-state index in [1.165, 1.54) is 0 Å². The Morgan fingerprint density at radius 2 is 2.18 bits per heavy atom. The second-order valence-electron chi connectivity index (χ2n) is 4.18. The van der Waals surface area contributed by atoms with Gasteiger partial charge in [0, 0.05) is 20.0 Å². The second-order valence-corrected chi connectivity index (χ2v) is 4.18. The van der Waals surface area contributed by atoms with Gasteiger partial charge in [-0.1, -0.05) is 12.2 Å². The number of aliphatic carboxylic acids is 1. The summed E-state index contributed by atoms with van der Waals surface area (Å²) in [5, 5.41) is 20.2. The van der Waals surface area contributed by atoms with Crippen molar-refractivity contribution < 1.29 is 9.90 Å². The Morgan fingerprint density at radius 3 is 2.76 bits per heavy atom. The van der Waals surface area contributed by atoms with E-state index in [0.29, 0.717) is 18.8 Å². The van der Waals surface area contributed by atoms with Crippen LogP contribution in [0.4, 0.5) is 5.95 Å². The molecule has 1 aliphatic carbocycles. The van der Waals surface area contributed by atoms with Crippen LogP contribution < -0.4 is 5.32 Å². The van der Waals surface area contributed by atoms with Crippen LogP contribution in [0.5, 0.6) is 0 Å². The number of nitrogens with one attached hydrogen (secondary N) is 1. The van der Waals surface area contributed by atoms with Crippen molar-refractivity contribution in [1.29, 1.82) is 0 Å². The highest BCUT2D eigenvalue weighted by Gasteiger charge is 2.33. The van der Waals surface area contributed by atoms with Gasteiger partial charge in [-0.2, -0.15) is 0 Å². The lowest BCUT2D eigenvalue weighted by Gasteiger charge is -2.24. The van der Waals surface area contributed by atoms with Crippen molar-refractivity contribution in [2.45, 2.75) is 18.8 Å². The van der Waals surface area contributed by atoms with Crippen molar-refractivity contribution in [2.24, 2.45) is 13.0 Å². The first-order valence-corrected chi connectivity index (χ1v) is 5.60. The summed E-state index contributed by atoms with van der Waals surface area (Å²) in [5.74, 6) is 0.0999. The van der Waals surface area contributed by atoms with E-state index in [9.17, 15) is 9.90 Å². The number of hydrogen-bond donors (Lipinski definition) is 2. The Morgan fingerprint density at radius 1 is 1.47 bits per heavy atom. The van der Waals surface area contributed by atoms with Crippen molar-refractivity contribution in [2.75, 3.05) is 12.4 Å². The number of carboxylic acid groups (broad SMARTS) is 1. The number of rotatable bonds is 3. The molecule has 6 nitrogen and oxygen atoms in total. The van der Waals surface area contributed by atoms with Gasteiger partial charge in [0.2, 0.25) is 5.95 Å². The molecule has 0 bridgehead atoms. The molecule has 0 amide bonds. The molecule has 1 aromatic heterocycles. The number of allylic oxidation sites excluding steroid dienone is 2. The molecule has 1 aromatic rings. The summed E-state index contributed by atoms with van der Waals surface area (Å²) in [6, 6.07) is 0. The Hall–Kier alpha value is -1.85. The van der Waals surface area contributed by atoms with Gasteiger partial charge >= 0.3 is 5.97 Å². The standard InChI is InChI=1S/C11H16N4O2/c1-12-11-14-13-9(15(11)2)7-5-3-4-6-8(7)10(16)17/h3-4,7-8H,5-6H2,1-2H3,(H,12,14)(H,16,17). The molecule has 2 rings (SSSR count). The second kappa shape index (κ2) is 4.57. The highest BCUT2D eigenvalue weighted by molar-refractivity contribution is 5.71. The average Bonchev–Trinajstić information content (AvgIpc) is 2.70. The number of carboxylic acids is 1. The first-order chi connectivity index (χ1) is 8.15. The van der Waals surface area contributed by atoms with Crippen LogP contribution in [0, 0.1) is 5.92 Å². The van der Waals surface area contributed by atoms with Crippen molar-refractivity contribution in [3.05, 3.63) is 18.0 Å². The fourth-order valence-corrected chi connectivity index (χ4v) is 2.25. The van der Waals surface area contributed by atoms with Crippen LogP contribution in [0.3, 0.4) is 0 Å². The minimum absolute atomic E-state index is 0.0999. The molecule has 6 heteroatoms. The molecular formula is C11H16N4O2. The van der Waals surface area contributed by atoms with Gasteiger partial charge in [-0.3, -0.25) is 4.79 Å². The van der Waals surface area contributed by atoms with Gasteiger partial charge in [-0.25, -0.2) is 0 Å². The molecule has 17 heavy (non-hydrogen) atoms. The number of anilines is 1. The Labute approximate surface area is 99.4 Å². The zero-order chi connectivity index (χ0) is 12.4. The summed E-state index contributed by atoms with van der Waals surface area (Å²) in [4.78, 5) is 11.2. The van der Waals surface area contributed by atoms with E-state index in [2.05, 4.69) is 15.5 Å². The van der Waals surface area contributed by atoms with E-state index in [1.54, 1.807) is 7.05 Å². The average molecular weight is 236 g/mol. The molecule has 0 aromatic carbocycles. The molecule has 2 N–H and O–H groups in total. The first kappa shape index (κ1) is 11.6. The summed E-state index contributed by atoms with van der Waals surface area (Å²) < 4.78 is 1.82. The lowest BCUT2D eigenvalue weighted by Crippen LogP contribution is -2.25. The SMILES string of the molecule is CNc1nnc(C2CC=CCC2C(=O)O)n1C. The minimum atomic E-state index is -0.770. The predicted molar refractivity (Wildman–Crippen MR) is 62.8 cm³/mol. The maximum absolute atomic E-state index is 11.2. The molecule has 1 aliphatic rings.